The molecule has 0 saturated heterocycles. The summed E-state index contributed by atoms with van der Waals surface area (Å²) in [6, 6.07) is 8.41. The lowest BCUT2D eigenvalue weighted by atomic mass is 10.1. The number of nitrogens with one attached hydrogen (secondary N) is 1. The van der Waals surface area contributed by atoms with Crippen LogP contribution in [0.2, 0.25) is 5.15 Å². The lowest BCUT2D eigenvalue weighted by molar-refractivity contribution is 0.689. The van der Waals surface area contributed by atoms with E-state index in [1.807, 2.05) is 24.3 Å². The molecule has 1 heterocycles. The maximum Gasteiger partial charge on any atom is 0.159 e. The van der Waals surface area contributed by atoms with Crippen molar-refractivity contribution in [2.75, 3.05) is 5.32 Å². The Hall–Kier alpha value is -1.35. The van der Waals surface area contributed by atoms with Gasteiger partial charge in [-0.1, -0.05) is 35.9 Å². The number of rotatable bonds is 3. The van der Waals surface area contributed by atoms with Crippen molar-refractivity contribution in [1.29, 1.82) is 0 Å². The summed E-state index contributed by atoms with van der Waals surface area (Å²) in [5.74, 6) is 1.62. The van der Waals surface area contributed by atoms with Crippen LogP contribution in [-0.4, -0.2) is 16.2 Å². The first kappa shape index (κ1) is 10.8. The normalized spacial score (nSPS) is 17.1. The molecule has 0 radical (unpaired) electrons. The van der Waals surface area contributed by atoms with E-state index < -0.39 is 0 Å². The molecule has 88 valence electrons. The summed E-state index contributed by atoms with van der Waals surface area (Å²) in [7, 11) is 0. The predicted molar refractivity (Wildman–Crippen MR) is 70.4 cm³/mol. The monoisotopic (exact) mass is 247 g/mol. The maximum atomic E-state index is 6.04. The molecule has 0 spiro atoms. The number of hydrogen-bond acceptors (Lipinski definition) is 3. The van der Waals surface area contributed by atoms with Gasteiger partial charge >= 0.3 is 0 Å². The van der Waals surface area contributed by atoms with Crippen molar-refractivity contribution in [3.8, 4) is 0 Å². The summed E-state index contributed by atoms with van der Waals surface area (Å²) in [5.41, 5.74) is 0. The first-order valence-electron chi connectivity index (χ1n) is 5.93. The van der Waals surface area contributed by atoms with E-state index in [1.54, 1.807) is 0 Å². The molecule has 0 aliphatic heterocycles. The van der Waals surface area contributed by atoms with Gasteiger partial charge in [-0.3, -0.25) is 0 Å². The molecular formula is C13H14ClN3. The summed E-state index contributed by atoms with van der Waals surface area (Å²) < 4.78 is 0. The first-order valence-corrected chi connectivity index (χ1v) is 6.31. The molecule has 3 nitrogen and oxygen atoms in total. The Bertz CT molecular complexity index is 551. The van der Waals surface area contributed by atoms with E-state index in [0.717, 1.165) is 22.5 Å². The number of aromatic nitrogens is 2. The highest BCUT2D eigenvalue weighted by Crippen LogP contribution is 2.35. The number of fused-ring (bicyclic) bond motifs is 1. The molecule has 0 bridgehead atoms. The average molecular weight is 248 g/mol. The summed E-state index contributed by atoms with van der Waals surface area (Å²) in [6.45, 7) is 2.20. The van der Waals surface area contributed by atoms with Crippen LogP contribution in [0.1, 0.15) is 19.8 Å². The second kappa shape index (κ2) is 4.15. The second-order valence-corrected chi connectivity index (χ2v) is 5.01. The lowest BCUT2D eigenvalue weighted by Crippen LogP contribution is -2.18. The van der Waals surface area contributed by atoms with Gasteiger partial charge in [0.25, 0.3) is 0 Å². The Morgan fingerprint density at radius 3 is 2.65 bits per heavy atom. The average Bonchev–Trinajstić information content (AvgIpc) is 3.17. The molecule has 1 saturated carbocycles. The van der Waals surface area contributed by atoms with Crippen LogP contribution in [-0.2, 0) is 0 Å². The summed E-state index contributed by atoms with van der Waals surface area (Å²) >= 11 is 6.04. The van der Waals surface area contributed by atoms with Crippen molar-refractivity contribution in [2.24, 2.45) is 5.92 Å². The van der Waals surface area contributed by atoms with E-state index >= 15 is 0 Å². The van der Waals surface area contributed by atoms with Gasteiger partial charge in [-0.25, -0.2) is 0 Å². The van der Waals surface area contributed by atoms with Gasteiger partial charge in [-0.2, -0.15) is 0 Å². The Kier molecular flexibility index (Phi) is 2.63. The highest BCUT2D eigenvalue weighted by Gasteiger charge is 2.28. The fourth-order valence-corrected chi connectivity index (χ4v) is 2.31. The molecule has 4 heteroatoms. The van der Waals surface area contributed by atoms with Crippen molar-refractivity contribution in [3.05, 3.63) is 29.4 Å². The molecule has 1 unspecified atom stereocenters. The molecule has 17 heavy (non-hydrogen) atoms. The third kappa shape index (κ3) is 2.07. The Labute approximate surface area is 105 Å². The molecule has 0 amide bonds. The Balaban J connectivity index is 2.01. The molecule has 1 aliphatic carbocycles. The number of nitrogens with zero attached hydrogens (tertiary/aromatic N) is 2. The number of anilines is 1. The van der Waals surface area contributed by atoms with Crippen LogP contribution in [0.25, 0.3) is 10.8 Å². The molecule has 2 aromatic rings. The summed E-state index contributed by atoms with van der Waals surface area (Å²) in [4.78, 5) is 0. The van der Waals surface area contributed by atoms with Crippen LogP contribution in [0.15, 0.2) is 24.3 Å². The topological polar surface area (TPSA) is 37.8 Å². The third-order valence-electron chi connectivity index (χ3n) is 3.34. The molecule has 1 atom stereocenters. The fraction of sp³-hybridized carbons (Fsp3) is 0.385. The zero-order chi connectivity index (χ0) is 11.8. The van der Waals surface area contributed by atoms with Gasteiger partial charge in [0, 0.05) is 16.8 Å². The molecule has 1 aliphatic rings. The molecular weight excluding hydrogens is 234 g/mol. The predicted octanol–water partition coefficient (Wildman–Crippen LogP) is 3.49. The second-order valence-electron chi connectivity index (χ2n) is 4.66. The zero-order valence-corrected chi connectivity index (χ0v) is 10.4. The van der Waals surface area contributed by atoms with Crippen LogP contribution >= 0.6 is 11.6 Å². The van der Waals surface area contributed by atoms with Gasteiger partial charge in [-0.15, -0.1) is 10.2 Å². The quantitative estimate of drug-likeness (QED) is 0.902. The first-order chi connectivity index (χ1) is 8.25. The molecule has 1 fully saturated rings. The molecule has 1 aromatic carbocycles. The molecule has 1 N–H and O–H groups in total. The van der Waals surface area contributed by atoms with E-state index in [-0.39, 0.29) is 0 Å². The fourth-order valence-electron chi connectivity index (χ4n) is 2.11. The van der Waals surface area contributed by atoms with E-state index in [9.17, 15) is 0 Å². The van der Waals surface area contributed by atoms with E-state index in [1.165, 1.54) is 12.8 Å². The lowest BCUT2D eigenvalue weighted by Gasteiger charge is -2.14. The van der Waals surface area contributed by atoms with E-state index in [2.05, 4.69) is 22.4 Å². The van der Waals surface area contributed by atoms with Gasteiger partial charge < -0.3 is 5.32 Å². The van der Waals surface area contributed by atoms with Gasteiger partial charge in [0.1, 0.15) is 0 Å². The smallest absolute Gasteiger partial charge is 0.159 e. The van der Waals surface area contributed by atoms with Gasteiger partial charge in [0.05, 0.1) is 0 Å². The number of halogens is 1. The van der Waals surface area contributed by atoms with Crippen LogP contribution in [0.3, 0.4) is 0 Å². The van der Waals surface area contributed by atoms with E-state index in [0.29, 0.717) is 11.2 Å². The molecule has 3 rings (SSSR count). The van der Waals surface area contributed by atoms with Crippen molar-refractivity contribution in [3.63, 3.8) is 0 Å². The minimum Gasteiger partial charge on any atom is -0.365 e. The largest absolute Gasteiger partial charge is 0.365 e. The van der Waals surface area contributed by atoms with E-state index in [4.69, 9.17) is 11.6 Å². The SMILES string of the molecule is CC(Nc1nnc(Cl)c2ccccc12)C1CC1. The van der Waals surface area contributed by atoms with Crippen LogP contribution in [0, 0.1) is 5.92 Å². The summed E-state index contributed by atoms with van der Waals surface area (Å²) in [6.07, 6.45) is 2.63. The van der Waals surface area contributed by atoms with Crippen molar-refractivity contribution < 1.29 is 0 Å². The van der Waals surface area contributed by atoms with Crippen molar-refractivity contribution >= 4 is 28.2 Å². The van der Waals surface area contributed by atoms with Crippen LogP contribution in [0.5, 0.6) is 0 Å². The van der Waals surface area contributed by atoms with Crippen LogP contribution < -0.4 is 5.32 Å². The highest BCUT2D eigenvalue weighted by molar-refractivity contribution is 6.34. The van der Waals surface area contributed by atoms with Gasteiger partial charge in [0.2, 0.25) is 0 Å². The number of benzene rings is 1. The Morgan fingerprint density at radius 2 is 1.94 bits per heavy atom. The minimum absolute atomic E-state index is 0.453. The van der Waals surface area contributed by atoms with Gasteiger partial charge in [0.15, 0.2) is 11.0 Å². The standard InChI is InChI=1S/C13H14ClN3/c1-8(9-6-7-9)15-13-11-5-3-2-4-10(11)12(14)16-17-13/h2-5,8-9H,6-7H2,1H3,(H,15,17). The van der Waals surface area contributed by atoms with Crippen molar-refractivity contribution in [1.82, 2.24) is 10.2 Å². The summed E-state index contributed by atoms with van der Waals surface area (Å²) in [5, 5.41) is 14.1. The van der Waals surface area contributed by atoms with Gasteiger partial charge in [-0.05, 0) is 25.7 Å². The van der Waals surface area contributed by atoms with Crippen molar-refractivity contribution in [2.45, 2.75) is 25.8 Å². The Morgan fingerprint density at radius 1 is 1.24 bits per heavy atom. The van der Waals surface area contributed by atoms with Crippen LogP contribution in [0.4, 0.5) is 5.82 Å². The molecule has 1 aromatic heterocycles. The number of hydrogen-bond donors (Lipinski definition) is 1. The maximum absolute atomic E-state index is 6.04. The third-order valence-corrected chi connectivity index (χ3v) is 3.61. The highest BCUT2D eigenvalue weighted by atomic mass is 35.5. The minimum atomic E-state index is 0.453. The zero-order valence-electron chi connectivity index (χ0n) is 9.65.